The van der Waals surface area contributed by atoms with Crippen LogP contribution in [0, 0.1) is 5.92 Å². The first-order chi connectivity index (χ1) is 6.74. The number of hydrogen-bond donors (Lipinski definition) is 0. The van der Waals surface area contributed by atoms with Gasteiger partial charge in [0.05, 0.1) is 0 Å². The van der Waals surface area contributed by atoms with Gasteiger partial charge in [0.15, 0.2) is 5.78 Å². The van der Waals surface area contributed by atoms with Crippen molar-refractivity contribution in [3.8, 4) is 0 Å². The standard InChI is InChI=1S/C13H16O/c1-3-11(2)9-10-13(14)12-7-5-4-6-8-12/h4-11H,3H2,1-2H3/b10-9+. The minimum atomic E-state index is 0.0888. The Hall–Kier alpha value is -1.37. The minimum Gasteiger partial charge on any atom is -0.289 e. The molecule has 0 aliphatic heterocycles. The van der Waals surface area contributed by atoms with Crippen LogP contribution in [0.15, 0.2) is 42.5 Å². The Morgan fingerprint density at radius 3 is 2.57 bits per heavy atom. The Balaban J connectivity index is 2.64. The summed E-state index contributed by atoms with van der Waals surface area (Å²) in [6.07, 6.45) is 4.71. The van der Waals surface area contributed by atoms with Gasteiger partial charge < -0.3 is 0 Å². The zero-order valence-corrected chi connectivity index (χ0v) is 8.73. The van der Waals surface area contributed by atoms with Gasteiger partial charge >= 0.3 is 0 Å². The van der Waals surface area contributed by atoms with Crippen molar-refractivity contribution in [3.63, 3.8) is 0 Å². The maximum absolute atomic E-state index is 11.6. The van der Waals surface area contributed by atoms with E-state index in [1.165, 1.54) is 0 Å². The maximum atomic E-state index is 11.6. The number of carbonyl (C=O) groups excluding carboxylic acids is 1. The van der Waals surface area contributed by atoms with Gasteiger partial charge in [0, 0.05) is 5.56 Å². The first kappa shape index (κ1) is 10.7. The summed E-state index contributed by atoms with van der Waals surface area (Å²) in [6, 6.07) is 9.34. The van der Waals surface area contributed by atoms with Crippen molar-refractivity contribution >= 4 is 5.78 Å². The van der Waals surface area contributed by atoms with Gasteiger partial charge in [-0.2, -0.15) is 0 Å². The lowest BCUT2D eigenvalue weighted by Crippen LogP contribution is -1.95. The van der Waals surface area contributed by atoms with E-state index in [9.17, 15) is 4.79 Å². The first-order valence-corrected chi connectivity index (χ1v) is 5.01. The van der Waals surface area contributed by atoms with E-state index in [-0.39, 0.29) is 5.78 Å². The molecule has 0 saturated carbocycles. The summed E-state index contributed by atoms with van der Waals surface area (Å²) in [6.45, 7) is 4.22. The number of rotatable bonds is 4. The fraction of sp³-hybridized carbons (Fsp3) is 0.308. The third-order valence-corrected chi connectivity index (χ3v) is 2.28. The molecule has 0 heterocycles. The van der Waals surface area contributed by atoms with Crippen molar-refractivity contribution in [2.24, 2.45) is 5.92 Å². The van der Waals surface area contributed by atoms with E-state index in [4.69, 9.17) is 0 Å². The Kier molecular flexibility index (Phi) is 4.11. The van der Waals surface area contributed by atoms with Crippen LogP contribution in [0.3, 0.4) is 0 Å². The van der Waals surface area contributed by atoms with Crippen LogP contribution < -0.4 is 0 Å². The highest BCUT2D eigenvalue weighted by Gasteiger charge is 1.99. The lowest BCUT2D eigenvalue weighted by molar-refractivity contribution is 0.104. The van der Waals surface area contributed by atoms with Crippen LogP contribution in [0.5, 0.6) is 0 Å². The van der Waals surface area contributed by atoms with Gasteiger partial charge in [-0.1, -0.05) is 56.7 Å². The Morgan fingerprint density at radius 2 is 2.00 bits per heavy atom. The third-order valence-electron chi connectivity index (χ3n) is 2.28. The van der Waals surface area contributed by atoms with E-state index in [1.54, 1.807) is 6.08 Å². The van der Waals surface area contributed by atoms with Crippen LogP contribution in [0.25, 0.3) is 0 Å². The van der Waals surface area contributed by atoms with Crippen LogP contribution >= 0.6 is 0 Å². The molecule has 1 nitrogen and oxygen atoms in total. The highest BCUT2D eigenvalue weighted by Crippen LogP contribution is 2.05. The summed E-state index contributed by atoms with van der Waals surface area (Å²) < 4.78 is 0. The molecular formula is C13H16O. The van der Waals surface area contributed by atoms with E-state index in [1.807, 2.05) is 36.4 Å². The van der Waals surface area contributed by atoms with Crippen LogP contribution in [0.1, 0.15) is 30.6 Å². The second-order valence-corrected chi connectivity index (χ2v) is 3.47. The summed E-state index contributed by atoms with van der Waals surface area (Å²) in [5, 5.41) is 0. The predicted molar refractivity (Wildman–Crippen MR) is 59.4 cm³/mol. The van der Waals surface area contributed by atoms with Gasteiger partial charge in [0.25, 0.3) is 0 Å². The van der Waals surface area contributed by atoms with Gasteiger partial charge in [-0.3, -0.25) is 4.79 Å². The van der Waals surface area contributed by atoms with E-state index in [2.05, 4.69) is 13.8 Å². The molecule has 0 aliphatic carbocycles. The molecular weight excluding hydrogens is 172 g/mol. The summed E-state index contributed by atoms with van der Waals surface area (Å²) in [4.78, 5) is 11.6. The van der Waals surface area contributed by atoms with Crippen LogP contribution in [0.2, 0.25) is 0 Å². The quantitative estimate of drug-likeness (QED) is 0.522. The van der Waals surface area contributed by atoms with Gasteiger partial charge in [-0.25, -0.2) is 0 Å². The molecule has 1 atom stereocenters. The average Bonchev–Trinajstić information content (AvgIpc) is 2.26. The van der Waals surface area contributed by atoms with Crippen molar-refractivity contribution in [1.29, 1.82) is 0 Å². The first-order valence-electron chi connectivity index (χ1n) is 5.01. The molecule has 1 aromatic carbocycles. The lowest BCUT2D eigenvalue weighted by Gasteiger charge is -1.99. The smallest absolute Gasteiger partial charge is 0.185 e. The summed E-state index contributed by atoms with van der Waals surface area (Å²) in [5.74, 6) is 0.563. The van der Waals surface area contributed by atoms with Crippen LogP contribution in [-0.2, 0) is 0 Å². The molecule has 0 aromatic heterocycles. The second-order valence-electron chi connectivity index (χ2n) is 3.47. The van der Waals surface area contributed by atoms with Gasteiger partial charge in [-0.05, 0) is 12.0 Å². The summed E-state index contributed by atoms with van der Waals surface area (Å²) in [5.41, 5.74) is 0.757. The number of hydrogen-bond acceptors (Lipinski definition) is 1. The van der Waals surface area contributed by atoms with Crippen molar-refractivity contribution in [3.05, 3.63) is 48.0 Å². The SMILES string of the molecule is CCC(C)/C=C/C(=O)c1ccccc1. The predicted octanol–water partition coefficient (Wildman–Crippen LogP) is 3.47. The maximum Gasteiger partial charge on any atom is 0.185 e. The molecule has 1 aromatic rings. The molecule has 0 fully saturated rings. The fourth-order valence-electron chi connectivity index (χ4n) is 1.09. The molecule has 1 rings (SSSR count). The molecule has 14 heavy (non-hydrogen) atoms. The van der Waals surface area contributed by atoms with E-state index in [0.29, 0.717) is 5.92 Å². The molecule has 74 valence electrons. The van der Waals surface area contributed by atoms with E-state index < -0.39 is 0 Å². The largest absolute Gasteiger partial charge is 0.289 e. The van der Waals surface area contributed by atoms with Gasteiger partial charge in [-0.15, -0.1) is 0 Å². The van der Waals surface area contributed by atoms with Crippen molar-refractivity contribution in [2.45, 2.75) is 20.3 Å². The molecule has 1 heteroatoms. The van der Waals surface area contributed by atoms with Crippen LogP contribution in [0.4, 0.5) is 0 Å². The number of allylic oxidation sites excluding steroid dienone is 2. The van der Waals surface area contributed by atoms with Crippen molar-refractivity contribution in [1.82, 2.24) is 0 Å². The van der Waals surface area contributed by atoms with Crippen molar-refractivity contribution in [2.75, 3.05) is 0 Å². The summed E-state index contributed by atoms with van der Waals surface area (Å²) in [7, 11) is 0. The Bertz CT molecular complexity index is 311. The topological polar surface area (TPSA) is 17.1 Å². The Morgan fingerprint density at radius 1 is 1.36 bits per heavy atom. The third kappa shape index (κ3) is 3.17. The number of benzene rings is 1. The monoisotopic (exact) mass is 188 g/mol. The molecule has 0 spiro atoms. The molecule has 0 radical (unpaired) electrons. The molecule has 0 bridgehead atoms. The minimum absolute atomic E-state index is 0.0888. The molecule has 0 N–H and O–H groups in total. The average molecular weight is 188 g/mol. The van der Waals surface area contributed by atoms with Gasteiger partial charge in [0.1, 0.15) is 0 Å². The molecule has 0 amide bonds. The molecule has 0 aliphatic rings. The second kappa shape index (κ2) is 5.38. The number of ketones is 1. The van der Waals surface area contributed by atoms with Gasteiger partial charge in [0.2, 0.25) is 0 Å². The lowest BCUT2D eigenvalue weighted by atomic mass is 10.1. The van der Waals surface area contributed by atoms with Crippen LogP contribution in [-0.4, -0.2) is 5.78 Å². The number of carbonyl (C=O) groups is 1. The highest BCUT2D eigenvalue weighted by molar-refractivity contribution is 6.04. The zero-order chi connectivity index (χ0) is 10.4. The highest BCUT2D eigenvalue weighted by atomic mass is 16.1. The normalized spacial score (nSPS) is 13.0. The summed E-state index contributed by atoms with van der Waals surface area (Å²) >= 11 is 0. The fourth-order valence-corrected chi connectivity index (χ4v) is 1.09. The van der Waals surface area contributed by atoms with E-state index >= 15 is 0 Å². The Labute approximate surface area is 85.5 Å². The molecule has 0 saturated heterocycles. The van der Waals surface area contributed by atoms with Crippen molar-refractivity contribution < 1.29 is 4.79 Å². The zero-order valence-electron chi connectivity index (χ0n) is 8.73. The molecule has 1 unspecified atom stereocenters. The van der Waals surface area contributed by atoms with E-state index in [0.717, 1.165) is 12.0 Å².